The van der Waals surface area contributed by atoms with Crippen LogP contribution in [0.3, 0.4) is 0 Å². The zero-order chi connectivity index (χ0) is 14.6. The quantitative estimate of drug-likeness (QED) is 0.759. The number of rotatable bonds is 5. The Labute approximate surface area is 114 Å². The van der Waals surface area contributed by atoms with Crippen LogP contribution >= 0.6 is 0 Å². The van der Waals surface area contributed by atoms with Crippen LogP contribution in [0.5, 0.6) is 0 Å². The Morgan fingerprint density at radius 3 is 2.42 bits per heavy atom. The van der Waals surface area contributed by atoms with Gasteiger partial charge < -0.3 is 10.2 Å². The maximum absolute atomic E-state index is 11.7. The van der Waals surface area contributed by atoms with Crippen LogP contribution in [0.4, 0.5) is 0 Å². The second kappa shape index (κ2) is 6.36. The Balaban J connectivity index is 2.59. The first-order chi connectivity index (χ1) is 8.71. The van der Waals surface area contributed by atoms with Gasteiger partial charge >= 0.3 is 0 Å². The Hall–Kier alpha value is -1.11. The molecule has 2 amide bonds. The molecule has 0 saturated carbocycles. The largest absolute Gasteiger partial charge is 0.354 e. The maximum atomic E-state index is 11.7. The first kappa shape index (κ1) is 15.9. The summed E-state index contributed by atoms with van der Waals surface area (Å²) >= 11 is 0. The van der Waals surface area contributed by atoms with E-state index < -0.39 is 9.84 Å². The van der Waals surface area contributed by atoms with Gasteiger partial charge in [0.25, 0.3) is 0 Å². The number of nitrogens with zero attached hydrogens (tertiary/aromatic N) is 1. The lowest BCUT2D eigenvalue weighted by Crippen LogP contribution is -2.46. The van der Waals surface area contributed by atoms with Crippen molar-refractivity contribution in [3.05, 3.63) is 0 Å². The highest BCUT2D eigenvalue weighted by atomic mass is 32.2. The number of carbonyl (C=O) groups is 2. The van der Waals surface area contributed by atoms with E-state index in [1.165, 1.54) is 11.8 Å². The van der Waals surface area contributed by atoms with Gasteiger partial charge in [-0.15, -0.1) is 0 Å². The second-order valence-corrected chi connectivity index (χ2v) is 7.63. The minimum atomic E-state index is -3.06. The van der Waals surface area contributed by atoms with E-state index in [4.69, 9.17) is 0 Å². The van der Waals surface area contributed by atoms with Crippen LogP contribution in [0.15, 0.2) is 0 Å². The van der Waals surface area contributed by atoms with Gasteiger partial charge in [0.1, 0.15) is 0 Å². The molecule has 0 bridgehead atoms. The molecule has 19 heavy (non-hydrogen) atoms. The average Bonchev–Trinajstić information content (AvgIpc) is 2.63. The molecule has 0 aromatic rings. The van der Waals surface area contributed by atoms with Crippen molar-refractivity contribution in [1.29, 1.82) is 0 Å². The second-order valence-electron chi connectivity index (χ2n) is 5.40. The smallest absolute Gasteiger partial charge is 0.239 e. The fourth-order valence-corrected chi connectivity index (χ4v) is 3.78. The van der Waals surface area contributed by atoms with Crippen molar-refractivity contribution in [2.75, 3.05) is 24.6 Å². The summed E-state index contributed by atoms with van der Waals surface area (Å²) in [4.78, 5) is 24.7. The summed E-state index contributed by atoms with van der Waals surface area (Å²) in [5, 5.41) is 2.73. The first-order valence-corrected chi connectivity index (χ1v) is 8.27. The van der Waals surface area contributed by atoms with Crippen LogP contribution in [-0.2, 0) is 19.4 Å². The maximum Gasteiger partial charge on any atom is 0.239 e. The van der Waals surface area contributed by atoms with Crippen LogP contribution in [0.2, 0.25) is 0 Å². The summed E-state index contributed by atoms with van der Waals surface area (Å²) in [5.41, 5.74) is 0. The lowest BCUT2D eigenvalue weighted by atomic mass is 10.2. The molecule has 0 aliphatic carbocycles. The van der Waals surface area contributed by atoms with Crippen molar-refractivity contribution in [3.8, 4) is 0 Å². The number of hydrogen-bond acceptors (Lipinski definition) is 4. The van der Waals surface area contributed by atoms with E-state index in [0.717, 1.165) is 0 Å². The molecule has 0 aromatic heterocycles. The molecule has 1 atom stereocenters. The van der Waals surface area contributed by atoms with Crippen molar-refractivity contribution in [1.82, 2.24) is 10.2 Å². The topological polar surface area (TPSA) is 83.6 Å². The average molecular weight is 290 g/mol. The molecule has 6 nitrogen and oxygen atoms in total. The highest BCUT2D eigenvalue weighted by Crippen LogP contribution is 2.17. The van der Waals surface area contributed by atoms with Crippen LogP contribution in [-0.4, -0.2) is 55.8 Å². The third kappa shape index (κ3) is 5.18. The van der Waals surface area contributed by atoms with E-state index in [1.807, 2.05) is 13.8 Å². The van der Waals surface area contributed by atoms with Crippen LogP contribution < -0.4 is 5.32 Å². The van der Waals surface area contributed by atoms with E-state index in [2.05, 4.69) is 5.32 Å². The molecule has 0 aromatic carbocycles. The standard InChI is InChI=1S/C12H22N2O4S/c1-9(2)6-13-12(16)7-14(10(3)15)11-4-5-19(17,18)8-11/h9,11H,4-8H2,1-3H3,(H,13,16). The highest BCUT2D eigenvalue weighted by Gasteiger charge is 2.34. The van der Waals surface area contributed by atoms with Crippen molar-refractivity contribution < 1.29 is 18.0 Å². The number of hydrogen-bond donors (Lipinski definition) is 1. The third-order valence-electron chi connectivity index (χ3n) is 3.08. The summed E-state index contributed by atoms with van der Waals surface area (Å²) in [6, 6.07) is -0.368. The molecule has 1 saturated heterocycles. The summed E-state index contributed by atoms with van der Waals surface area (Å²) in [5.74, 6) is -0.115. The van der Waals surface area contributed by atoms with Gasteiger partial charge in [-0.25, -0.2) is 8.42 Å². The van der Waals surface area contributed by atoms with Crippen LogP contribution in [0.25, 0.3) is 0 Å². The van der Waals surface area contributed by atoms with Crippen LogP contribution in [0, 0.1) is 5.92 Å². The van der Waals surface area contributed by atoms with Crippen molar-refractivity contribution in [2.24, 2.45) is 5.92 Å². The Morgan fingerprint density at radius 1 is 1.37 bits per heavy atom. The highest BCUT2D eigenvalue weighted by molar-refractivity contribution is 7.91. The van der Waals surface area contributed by atoms with E-state index in [1.54, 1.807) is 0 Å². The molecule has 1 heterocycles. The molecule has 1 unspecified atom stereocenters. The number of sulfone groups is 1. The summed E-state index contributed by atoms with van der Waals surface area (Å²) in [6.07, 6.45) is 0.416. The predicted octanol–water partition coefficient (Wildman–Crippen LogP) is -0.206. The van der Waals surface area contributed by atoms with Gasteiger partial charge in [0.2, 0.25) is 11.8 Å². The fraction of sp³-hybridized carbons (Fsp3) is 0.833. The van der Waals surface area contributed by atoms with Gasteiger partial charge in [0, 0.05) is 19.5 Å². The minimum absolute atomic E-state index is 0.0377. The Bertz CT molecular complexity index is 445. The summed E-state index contributed by atoms with van der Waals surface area (Å²) in [6.45, 7) is 5.80. The van der Waals surface area contributed by atoms with Gasteiger partial charge in [-0.3, -0.25) is 9.59 Å². The lowest BCUT2D eigenvalue weighted by molar-refractivity contribution is -0.136. The molecule has 1 N–H and O–H groups in total. The van der Waals surface area contributed by atoms with E-state index in [-0.39, 0.29) is 35.9 Å². The molecular weight excluding hydrogens is 268 g/mol. The molecule has 1 aliphatic heterocycles. The molecule has 7 heteroatoms. The molecule has 0 spiro atoms. The molecule has 1 rings (SSSR count). The number of amides is 2. The van der Waals surface area contributed by atoms with Gasteiger partial charge in [-0.2, -0.15) is 0 Å². The van der Waals surface area contributed by atoms with Gasteiger partial charge in [-0.1, -0.05) is 13.8 Å². The summed E-state index contributed by atoms with van der Waals surface area (Å²) in [7, 11) is -3.06. The van der Waals surface area contributed by atoms with Crippen molar-refractivity contribution in [3.63, 3.8) is 0 Å². The Kier molecular flexibility index (Phi) is 5.34. The molecule has 1 aliphatic rings. The lowest BCUT2D eigenvalue weighted by Gasteiger charge is -2.26. The first-order valence-electron chi connectivity index (χ1n) is 6.45. The monoisotopic (exact) mass is 290 g/mol. The minimum Gasteiger partial charge on any atom is -0.354 e. The van der Waals surface area contributed by atoms with Crippen molar-refractivity contribution >= 4 is 21.7 Å². The third-order valence-corrected chi connectivity index (χ3v) is 4.83. The zero-order valence-corrected chi connectivity index (χ0v) is 12.5. The van der Waals surface area contributed by atoms with Gasteiger partial charge in [-0.05, 0) is 12.3 Å². The van der Waals surface area contributed by atoms with E-state index >= 15 is 0 Å². The molecular formula is C12H22N2O4S. The Morgan fingerprint density at radius 2 is 2.00 bits per heavy atom. The molecule has 1 fully saturated rings. The predicted molar refractivity (Wildman–Crippen MR) is 72.3 cm³/mol. The fourth-order valence-electron chi connectivity index (χ4n) is 2.05. The van der Waals surface area contributed by atoms with E-state index in [0.29, 0.717) is 18.9 Å². The van der Waals surface area contributed by atoms with E-state index in [9.17, 15) is 18.0 Å². The normalized spacial score (nSPS) is 21.4. The molecule has 110 valence electrons. The summed E-state index contributed by atoms with van der Waals surface area (Å²) < 4.78 is 22.9. The number of carbonyl (C=O) groups excluding carboxylic acids is 2. The van der Waals surface area contributed by atoms with Crippen molar-refractivity contribution in [2.45, 2.75) is 33.2 Å². The zero-order valence-electron chi connectivity index (χ0n) is 11.7. The number of nitrogens with one attached hydrogen (secondary N) is 1. The SMILES string of the molecule is CC(=O)N(CC(=O)NCC(C)C)C1CCS(=O)(=O)C1. The van der Waals surface area contributed by atoms with Gasteiger partial charge in [0.15, 0.2) is 9.84 Å². The van der Waals surface area contributed by atoms with Crippen LogP contribution in [0.1, 0.15) is 27.2 Å². The van der Waals surface area contributed by atoms with Gasteiger partial charge in [0.05, 0.1) is 18.1 Å². The molecule has 0 radical (unpaired) electrons.